The van der Waals surface area contributed by atoms with E-state index in [4.69, 9.17) is 0 Å². The molecule has 0 spiro atoms. The first-order valence-electron chi connectivity index (χ1n) is 6.10. The van der Waals surface area contributed by atoms with Crippen molar-refractivity contribution >= 4 is 0 Å². The van der Waals surface area contributed by atoms with Crippen LogP contribution in [0.1, 0.15) is 39.5 Å². The van der Waals surface area contributed by atoms with Crippen molar-refractivity contribution in [2.45, 2.75) is 45.1 Å². The van der Waals surface area contributed by atoms with E-state index in [-0.39, 0.29) is 5.54 Å². The molecular weight excluding hydrogens is 174 g/mol. The van der Waals surface area contributed by atoms with Crippen molar-refractivity contribution < 1.29 is 5.11 Å². The largest absolute Gasteiger partial charge is 0.394 e. The van der Waals surface area contributed by atoms with Gasteiger partial charge in [0, 0.05) is 18.6 Å². The van der Waals surface area contributed by atoms with E-state index in [1.54, 1.807) is 0 Å². The van der Waals surface area contributed by atoms with Gasteiger partial charge in [0.2, 0.25) is 0 Å². The Balaban J connectivity index is 2.07. The third kappa shape index (κ3) is 1.49. The SMILES string of the molecule is CCC1CN2CC(CC)CC2(CO)C1. The molecule has 0 bridgehead atoms. The Morgan fingerprint density at radius 1 is 1.14 bits per heavy atom. The van der Waals surface area contributed by atoms with Crippen molar-refractivity contribution in [1.82, 2.24) is 4.90 Å². The first-order chi connectivity index (χ1) is 6.74. The Hall–Kier alpha value is -0.0800. The number of rotatable bonds is 3. The third-order valence-electron chi connectivity index (χ3n) is 4.41. The van der Waals surface area contributed by atoms with Crippen molar-refractivity contribution in [2.24, 2.45) is 11.8 Å². The van der Waals surface area contributed by atoms with E-state index in [0.717, 1.165) is 11.8 Å². The maximum absolute atomic E-state index is 9.61. The van der Waals surface area contributed by atoms with E-state index in [9.17, 15) is 5.11 Å². The molecule has 0 aromatic carbocycles. The van der Waals surface area contributed by atoms with Crippen molar-refractivity contribution in [2.75, 3.05) is 19.7 Å². The molecule has 2 saturated heterocycles. The summed E-state index contributed by atoms with van der Waals surface area (Å²) in [6, 6.07) is 0. The molecule has 82 valence electrons. The predicted octanol–water partition coefficient (Wildman–Crippen LogP) is 1.88. The van der Waals surface area contributed by atoms with E-state index < -0.39 is 0 Å². The van der Waals surface area contributed by atoms with Gasteiger partial charge in [-0.15, -0.1) is 0 Å². The van der Waals surface area contributed by atoms with Crippen LogP contribution in [0.5, 0.6) is 0 Å². The summed E-state index contributed by atoms with van der Waals surface area (Å²) in [5.41, 5.74) is 0.182. The van der Waals surface area contributed by atoms with E-state index in [1.165, 1.54) is 38.8 Å². The summed E-state index contributed by atoms with van der Waals surface area (Å²) in [5, 5.41) is 9.61. The van der Waals surface area contributed by atoms with Gasteiger partial charge in [-0.3, -0.25) is 4.90 Å². The molecular formula is C12H23NO. The molecule has 2 rings (SSSR count). The van der Waals surface area contributed by atoms with Crippen LogP contribution in [0, 0.1) is 11.8 Å². The number of aliphatic hydroxyl groups excluding tert-OH is 1. The van der Waals surface area contributed by atoms with Crippen LogP contribution in [-0.4, -0.2) is 35.2 Å². The van der Waals surface area contributed by atoms with Crippen LogP contribution in [0.15, 0.2) is 0 Å². The zero-order valence-electron chi connectivity index (χ0n) is 9.50. The number of fused-ring (bicyclic) bond motifs is 1. The quantitative estimate of drug-likeness (QED) is 0.746. The summed E-state index contributed by atoms with van der Waals surface area (Å²) in [7, 11) is 0. The highest BCUT2D eigenvalue weighted by atomic mass is 16.3. The van der Waals surface area contributed by atoms with E-state index in [1.807, 2.05) is 0 Å². The van der Waals surface area contributed by atoms with Gasteiger partial charge in [0.05, 0.1) is 6.61 Å². The van der Waals surface area contributed by atoms with Crippen LogP contribution in [0.2, 0.25) is 0 Å². The van der Waals surface area contributed by atoms with Crippen LogP contribution in [0.4, 0.5) is 0 Å². The average Bonchev–Trinajstić information content (AvgIpc) is 2.70. The molecule has 0 aromatic rings. The lowest BCUT2D eigenvalue weighted by atomic mass is 9.86. The molecule has 2 atom stereocenters. The van der Waals surface area contributed by atoms with E-state index in [2.05, 4.69) is 18.7 Å². The van der Waals surface area contributed by atoms with Gasteiger partial charge >= 0.3 is 0 Å². The Kier molecular flexibility index (Phi) is 2.85. The number of nitrogens with zero attached hydrogens (tertiary/aromatic N) is 1. The monoisotopic (exact) mass is 197 g/mol. The first-order valence-corrected chi connectivity index (χ1v) is 6.10. The standard InChI is InChI=1S/C12H23NO/c1-3-10-5-12(9-14)6-11(4-2)8-13(12)7-10/h10-11,14H,3-9H2,1-2H3. The summed E-state index contributed by atoms with van der Waals surface area (Å²) in [6.45, 7) is 7.38. The van der Waals surface area contributed by atoms with Gasteiger partial charge in [-0.05, 0) is 24.7 Å². The van der Waals surface area contributed by atoms with Crippen LogP contribution >= 0.6 is 0 Å². The van der Waals surface area contributed by atoms with Crippen LogP contribution < -0.4 is 0 Å². The fraction of sp³-hybridized carbons (Fsp3) is 1.00. The van der Waals surface area contributed by atoms with Crippen molar-refractivity contribution in [3.05, 3.63) is 0 Å². The highest BCUT2D eigenvalue weighted by Gasteiger charge is 2.50. The second-order valence-electron chi connectivity index (χ2n) is 5.24. The lowest BCUT2D eigenvalue weighted by Gasteiger charge is -2.29. The van der Waals surface area contributed by atoms with Gasteiger partial charge in [-0.2, -0.15) is 0 Å². The normalized spacial score (nSPS) is 43.1. The highest BCUT2D eigenvalue weighted by Crippen LogP contribution is 2.45. The molecule has 0 radical (unpaired) electrons. The fourth-order valence-corrected chi connectivity index (χ4v) is 3.41. The van der Waals surface area contributed by atoms with E-state index >= 15 is 0 Å². The topological polar surface area (TPSA) is 23.5 Å². The van der Waals surface area contributed by atoms with Gasteiger partial charge < -0.3 is 5.11 Å². The second kappa shape index (κ2) is 3.82. The molecule has 2 heterocycles. The first kappa shape index (κ1) is 10.4. The number of aliphatic hydroxyl groups is 1. The zero-order valence-corrected chi connectivity index (χ0v) is 9.50. The summed E-state index contributed by atoms with van der Waals surface area (Å²) in [6.07, 6.45) is 5.01. The molecule has 0 amide bonds. The summed E-state index contributed by atoms with van der Waals surface area (Å²) in [5.74, 6) is 1.67. The van der Waals surface area contributed by atoms with Crippen molar-refractivity contribution in [3.63, 3.8) is 0 Å². The third-order valence-corrected chi connectivity index (χ3v) is 4.41. The minimum atomic E-state index is 0.182. The molecule has 2 unspecified atom stereocenters. The lowest BCUT2D eigenvalue weighted by Crippen LogP contribution is -2.41. The molecule has 2 heteroatoms. The molecule has 0 aliphatic carbocycles. The van der Waals surface area contributed by atoms with Gasteiger partial charge in [-0.25, -0.2) is 0 Å². The summed E-state index contributed by atoms with van der Waals surface area (Å²) < 4.78 is 0. The van der Waals surface area contributed by atoms with Crippen LogP contribution in [-0.2, 0) is 0 Å². The molecule has 2 aliphatic rings. The molecule has 2 nitrogen and oxygen atoms in total. The van der Waals surface area contributed by atoms with Crippen molar-refractivity contribution in [1.29, 1.82) is 0 Å². The lowest BCUT2D eigenvalue weighted by molar-refractivity contribution is 0.0996. The Bertz CT molecular complexity index is 188. The zero-order chi connectivity index (χ0) is 10.2. The van der Waals surface area contributed by atoms with Crippen LogP contribution in [0.25, 0.3) is 0 Å². The minimum Gasteiger partial charge on any atom is -0.394 e. The van der Waals surface area contributed by atoms with E-state index in [0.29, 0.717) is 6.61 Å². The van der Waals surface area contributed by atoms with Gasteiger partial charge in [0.15, 0.2) is 0 Å². The van der Waals surface area contributed by atoms with Crippen LogP contribution in [0.3, 0.4) is 0 Å². The smallest absolute Gasteiger partial charge is 0.0615 e. The second-order valence-corrected chi connectivity index (χ2v) is 5.24. The Morgan fingerprint density at radius 3 is 1.93 bits per heavy atom. The Labute approximate surface area is 87.3 Å². The molecule has 2 aliphatic heterocycles. The minimum absolute atomic E-state index is 0.182. The predicted molar refractivity (Wildman–Crippen MR) is 58.2 cm³/mol. The average molecular weight is 197 g/mol. The molecule has 0 aromatic heterocycles. The highest BCUT2D eigenvalue weighted by molar-refractivity contribution is 5.04. The number of hydrogen-bond donors (Lipinski definition) is 1. The molecule has 2 fully saturated rings. The maximum atomic E-state index is 9.61. The van der Waals surface area contributed by atoms with Gasteiger partial charge in [-0.1, -0.05) is 26.7 Å². The molecule has 1 N–H and O–H groups in total. The van der Waals surface area contributed by atoms with Crippen molar-refractivity contribution in [3.8, 4) is 0 Å². The Morgan fingerprint density at radius 2 is 1.64 bits per heavy atom. The fourth-order valence-electron chi connectivity index (χ4n) is 3.41. The maximum Gasteiger partial charge on any atom is 0.0615 e. The number of hydrogen-bond acceptors (Lipinski definition) is 2. The van der Waals surface area contributed by atoms with Gasteiger partial charge in [0.1, 0.15) is 0 Å². The summed E-state index contributed by atoms with van der Waals surface area (Å²) in [4.78, 5) is 2.56. The summed E-state index contributed by atoms with van der Waals surface area (Å²) >= 11 is 0. The molecule has 0 saturated carbocycles. The van der Waals surface area contributed by atoms with Gasteiger partial charge in [0.25, 0.3) is 0 Å². The molecule has 14 heavy (non-hydrogen) atoms.